The van der Waals surface area contributed by atoms with Crippen LogP contribution < -0.4 is 10.6 Å². The van der Waals surface area contributed by atoms with Crippen molar-refractivity contribution in [2.24, 2.45) is 0 Å². The van der Waals surface area contributed by atoms with Gasteiger partial charge in [0.05, 0.1) is 5.69 Å². The van der Waals surface area contributed by atoms with Gasteiger partial charge in [0.25, 0.3) is 5.91 Å². The topological polar surface area (TPSA) is 59.2 Å². The highest BCUT2D eigenvalue weighted by atomic mass is 32.1. The van der Waals surface area contributed by atoms with E-state index in [9.17, 15) is 4.79 Å². The number of nitrogen functional groups attached to an aromatic ring is 1. The molecule has 106 valence electrons. The number of fused-ring (bicyclic) bond motifs is 1. The number of hydrogen-bond donors (Lipinski definition) is 1. The molecule has 1 aromatic carbocycles. The van der Waals surface area contributed by atoms with Gasteiger partial charge < -0.3 is 10.6 Å². The summed E-state index contributed by atoms with van der Waals surface area (Å²) in [4.78, 5) is 19.9. The molecular weight excluding hydrogens is 282 g/mol. The van der Waals surface area contributed by atoms with Gasteiger partial charge in [-0.25, -0.2) is 4.98 Å². The lowest BCUT2D eigenvalue weighted by Gasteiger charge is -2.17. The zero-order valence-electron chi connectivity index (χ0n) is 11.8. The number of pyridine rings is 1. The van der Waals surface area contributed by atoms with Gasteiger partial charge in [0.15, 0.2) is 0 Å². The molecule has 2 heterocycles. The Hall–Kier alpha value is -2.40. The molecule has 1 amide bonds. The first kappa shape index (κ1) is 13.6. The lowest BCUT2D eigenvalue weighted by molar-refractivity contribution is 0.0997. The van der Waals surface area contributed by atoms with Crippen molar-refractivity contribution in [3.05, 3.63) is 53.0 Å². The van der Waals surface area contributed by atoms with E-state index in [2.05, 4.69) is 4.98 Å². The summed E-state index contributed by atoms with van der Waals surface area (Å²) in [6.07, 6.45) is 1.71. The summed E-state index contributed by atoms with van der Waals surface area (Å²) in [5, 5.41) is 0.837. The molecule has 0 saturated heterocycles. The fraction of sp³-hybridized carbons (Fsp3) is 0.125. The summed E-state index contributed by atoms with van der Waals surface area (Å²) >= 11 is 1.33. The smallest absolute Gasteiger partial charge is 0.270 e. The van der Waals surface area contributed by atoms with Gasteiger partial charge in [-0.2, -0.15) is 0 Å². The number of carbonyl (C=O) groups excluding carboxylic acids is 1. The lowest BCUT2D eigenvalue weighted by Crippen LogP contribution is -2.26. The first-order chi connectivity index (χ1) is 10.1. The molecule has 0 aliphatic rings. The number of nitrogens with zero attached hydrogens (tertiary/aromatic N) is 2. The number of thiophene rings is 1. The molecule has 0 atom stereocenters. The minimum atomic E-state index is -0.110. The lowest BCUT2D eigenvalue weighted by atomic mass is 10.2. The number of rotatable bonds is 2. The maximum atomic E-state index is 12.7. The van der Waals surface area contributed by atoms with Crippen LogP contribution in [-0.2, 0) is 0 Å². The zero-order chi connectivity index (χ0) is 15.0. The van der Waals surface area contributed by atoms with Crippen LogP contribution in [0.5, 0.6) is 0 Å². The second-order valence-corrected chi connectivity index (χ2v) is 5.90. The van der Waals surface area contributed by atoms with E-state index >= 15 is 0 Å². The Morgan fingerprint density at radius 1 is 1.29 bits per heavy atom. The number of amides is 1. The molecular formula is C16H15N3OS. The molecule has 2 N–H and O–H groups in total. The van der Waals surface area contributed by atoms with Crippen LogP contribution in [0, 0.1) is 6.92 Å². The van der Waals surface area contributed by atoms with E-state index in [1.165, 1.54) is 11.3 Å². The normalized spacial score (nSPS) is 10.8. The highest BCUT2D eigenvalue weighted by molar-refractivity contribution is 7.21. The predicted octanol–water partition coefficient (Wildman–Crippen LogP) is 3.46. The third kappa shape index (κ3) is 2.36. The summed E-state index contributed by atoms with van der Waals surface area (Å²) in [6.45, 7) is 2.00. The predicted molar refractivity (Wildman–Crippen MR) is 87.9 cm³/mol. The second-order valence-electron chi connectivity index (χ2n) is 4.90. The van der Waals surface area contributed by atoms with E-state index in [0.717, 1.165) is 21.5 Å². The van der Waals surface area contributed by atoms with Crippen LogP contribution in [0.2, 0.25) is 0 Å². The first-order valence-electron chi connectivity index (χ1n) is 6.55. The van der Waals surface area contributed by atoms with Crippen molar-refractivity contribution in [3.8, 4) is 0 Å². The Morgan fingerprint density at radius 2 is 2.10 bits per heavy atom. The minimum Gasteiger partial charge on any atom is -0.397 e. The Morgan fingerprint density at radius 3 is 2.81 bits per heavy atom. The molecule has 0 saturated carbocycles. The van der Waals surface area contributed by atoms with Crippen LogP contribution in [-0.4, -0.2) is 17.9 Å². The van der Waals surface area contributed by atoms with Crippen LogP contribution >= 0.6 is 11.3 Å². The van der Waals surface area contributed by atoms with Crippen LogP contribution in [0.3, 0.4) is 0 Å². The minimum absolute atomic E-state index is 0.110. The number of hydrogen-bond acceptors (Lipinski definition) is 4. The van der Waals surface area contributed by atoms with E-state index in [0.29, 0.717) is 10.6 Å². The van der Waals surface area contributed by atoms with Gasteiger partial charge in [0.2, 0.25) is 0 Å². The van der Waals surface area contributed by atoms with Gasteiger partial charge in [-0.3, -0.25) is 4.79 Å². The quantitative estimate of drug-likeness (QED) is 0.788. The largest absolute Gasteiger partial charge is 0.397 e. The number of anilines is 2. The summed E-state index contributed by atoms with van der Waals surface area (Å²) in [7, 11) is 1.76. The van der Waals surface area contributed by atoms with Crippen LogP contribution in [0.4, 0.5) is 11.4 Å². The van der Waals surface area contributed by atoms with Gasteiger partial charge in [0, 0.05) is 24.3 Å². The zero-order valence-corrected chi connectivity index (χ0v) is 12.6. The molecule has 3 rings (SSSR count). The third-order valence-corrected chi connectivity index (χ3v) is 4.51. The number of aromatic nitrogens is 1. The molecule has 0 aliphatic carbocycles. The van der Waals surface area contributed by atoms with E-state index in [-0.39, 0.29) is 5.91 Å². The SMILES string of the molecule is Cc1cccc(N(C)C(=O)c2sc3ncccc3c2N)c1. The maximum Gasteiger partial charge on any atom is 0.270 e. The Kier molecular flexibility index (Phi) is 3.35. The molecule has 2 aromatic heterocycles. The third-order valence-electron chi connectivity index (χ3n) is 3.39. The summed E-state index contributed by atoms with van der Waals surface area (Å²) in [5.41, 5.74) is 8.58. The van der Waals surface area contributed by atoms with Crippen molar-refractivity contribution in [3.63, 3.8) is 0 Å². The van der Waals surface area contributed by atoms with E-state index in [1.54, 1.807) is 18.1 Å². The maximum absolute atomic E-state index is 12.7. The van der Waals surface area contributed by atoms with Gasteiger partial charge >= 0.3 is 0 Å². The number of benzene rings is 1. The Bertz CT molecular complexity index is 825. The van der Waals surface area contributed by atoms with Gasteiger partial charge in [-0.15, -0.1) is 11.3 Å². The first-order valence-corrected chi connectivity index (χ1v) is 7.37. The number of nitrogens with two attached hydrogens (primary N) is 1. The summed E-state index contributed by atoms with van der Waals surface area (Å²) in [6, 6.07) is 11.5. The van der Waals surface area contributed by atoms with Crippen LogP contribution in [0.15, 0.2) is 42.6 Å². The molecule has 0 bridgehead atoms. The molecule has 0 radical (unpaired) electrons. The highest BCUT2D eigenvalue weighted by Gasteiger charge is 2.21. The van der Waals surface area contributed by atoms with Crippen LogP contribution in [0.25, 0.3) is 10.2 Å². The van der Waals surface area contributed by atoms with Crippen LogP contribution in [0.1, 0.15) is 15.2 Å². The summed E-state index contributed by atoms with van der Waals surface area (Å²) in [5.74, 6) is -0.110. The van der Waals surface area contributed by atoms with Crippen molar-refractivity contribution in [2.45, 2.75) is 6.92 Å². The Balaban J connectivity index is 2.02. The highest BCUT2D eigenvalue weighted by Crippen LogP contribution is 2.33. The molecule has 0 aliphatic heterocycles. The molecule has 5 heteroatoms. The van der Waals surface area contributed by atoms with Crippen molar-refractivity contribution >= 4 is 38.8 Å². The van der Waals surface area contributed by atoms with Gasteiger partial charge in [0.1, 0.15) is 9.71 Å². The molecule has 21 heavy (non-hydrogen) atoms. The standard InChI is InChI=1S/C16H15N3OS/c1-10-5-3-6-11(9-10)19(2)16(20)14-13(17)12-7-4-8-18-15(12)21-14/h3-9H,17H2,1-2H3. The monoisotopic (exact) mass is 297 g/mol. The van der Waals surface area contributed by atoms with Crippen molar-refractivity contribution in [1.82, 2.24) is 4.98 Å². The van der Waals surface area contributed by atoms with E-state index < -0.39 is 0 Å². The molecule has 3 aromatic rings. The van der Waals surface area contributed by atoms with E-state index in [1.807, 2.05) is 43.3 Å². The second kappa shape index (κ2) is 5.18. The fourth-order valence-electron chi connectivity index (χ4n) is 2.22. The van der Waals surface area contributed by atoms with Crippen molar-refractivity contribution in [1.29, 1.82) is 0 Å². The Labute approximate surface area is 126 Å². The molecule has 4 nitrogen and oxygen atoms in total. The fourth-order valence-corrected chi connectivity index (χ4v) is 3.26. The average molecular weight is 297 g/mol. The number of aryl methyl sites for hydroxylation is 1. The molecule has 0 fully saturated rings. The van der Waals surface area contributed by atoms with E-state index in [4.69, 9.17) is 5.73 Å². The average Bonchev–Trinajstić information content (AvgIpc) is 2.83. The van der Waals surface area contributed by atoms with Gasteiger partial charge in [-0.05, 0) is 36.8 Å². The molecule has 0 unspecified atom stereocenters. The van der Waals surface area contributed by atoms with Crippen molar-refractivity contribution in [2.75, 3.05) is 17.7 Å². The van der Waals surface area contributed by atoms with Crippen molar-refractivity contribution < 1.29 is 4.79 Å². The molecule has 0 spiro atoms. The summed E-state index contributed by atoms with van der Waals surface area (Å²) < 4.78 is 0. The number of carbonyl (C=O) groups is 1. The van der Waals surface area contributed by atoms with Gasteiger partial charge in [-0.1, -0.05) is 12.1 Å².